The molecular formula is C17H27ClN2O. The van der Waals surface area contributed by atoms with Crippen LogP contribution in [0.2, 0.25) is 0 Å². The minimum absolute atomic E-state index is 0. The van der Waals surface area contributed by atoms with E-state index in [0.717, 1.165) is 12.0 Å². The van der Waals surface area contributed by atoms with E-state index in [0.29, 0.717) is 24.3 Å². The summed E-state index contributed by atoms with van der Waals surface area (Å²) in [6.07, 6.45) is 3.94. The molecular weight excluding hydrogens is 284 g/mol. The summed E-state index contributed by atoms with van der Waals surface area (Å²) in [6.45, 7) is 4.52. The molecule has 0 heterocycles. The van der Waals surface area contributed by atoms with Crippen LogP contribution in [-0.4, -0.2) is 11.9 Å². The highest BCUT2D eigenvalue weighted by molar-refractivity contribution is 5.85. The SMILES string of the molecule is CC1CCCC(NC(=O)CC(N)c2ccccc2)C1C.Cl. The molecule has 3 N–H and O–H groups in total. The first-order chi connectivity index (χ1) is 9.58. The molecule has 1 saturated carbocycles. The van der Waals surface area contributed by atoms with Crippen molar-refractivity contribution < 1.29 is 4.79 Å². The van der Waals surface area contributed by atoms with Gasteiger partial charge >= 0.3 is 0 Å². The third kappa shape index (κ3) is 5.01. The summed E-state index contributed by atoms with van der Waals surface area (Å²) in [6, 6.07) is 9.92. The lowest BCUT2D eigenvalue weighted by Crippen LogP contribution is -2.44. The highest BCUT2D eigenvalue weighted by atomic mass is 35.5. The van der Waals surface area contributed by atoms with Crippen molar-refractivity contribution >= 4 is 18.3 Å². The number of halogens is 1. The average molecular weight is 311 g/mol. The Labute approximate surface area is 134 Å². The van der Waals surface area contributed by atoms with Gasteiger partial charge in [-0.15, -0.1) is 12.4 Å². The molecule has 1 aliphatic rings. The molecule has 2 rings (SSSR count). The predicted molar refractivity (Wildman–Crippen MR) is 89.3 cm³/mol. The molecule has 0 aromatic heterocycles. The zero-order valence-electron chi connectivity index (χ0n) is 12.9. The van der Waals surface area contributed by atoms with Crippen molar-refractivity contribution in [3.63, 3.8) is 0 Å². The van der Waals surface area contributed by atoms with Crippen LogP contribution in [-0.2, 0) is 4.79 Å². The smallest absolute Gasteiger partial charge is 0.222 e. The largest absolute Gasteiger partial charge is 0.353 e. The van der Waals surface area contributed by atoms with E-state index in [9.17, 15) is 4.79 Å². The summed E-state index contributed by atoms with van der Waals surface area (Å²) in [7, 11) is 0. The molecule has 4 heteroatoms. The normalized spacial score (nSPS) is 26.5. The van der Waals surface area contributed by atoms with Crippen molar-refractivity contribution in [3.05, 3.63) is 35.9 Å². The standard InChI is InChI=1S/C17H26N2O.ClH/c1-12-7-6-10-16(13(12)2)19-17(20)11-15(18)14-8-4-3-5-9-14;/h3-5,8-9,12-13,15-16H,6-7,10-11,18H2,1-2H3,(H,19,20);1H. The third-order valence-electron chi connectivity index (χ3n) is 4.69. The van der Waals surface area contributed by atoms with E-state index in [-0.39, 0.29) is 24.4 Å². The second-order valence-corrected chi connectivity index (χ2v) is 6.16. The van der Waals surface area contributed by atoms with Gasteiger partial charge in [0, 0.05) is 18.5 Å². The number of nitrogens with one attached hydrogen (secondary N) is 1. The minimum atomic E-state index is -0.215. The van der Waals surface area contributed by atoms with Crippen LogP contribution in [0.4, 0.5) is 0 Å². The molecule has 0 spiro atoms. The van der Waals surface area contributed by atoms with Crippen LogP contribution in [0.25, 0.3) is 0 Å². The maximum atomic E-state index is 12.2. The average Bonchev–Trinajstić information content (AvgIpc) is 2.45. The number of nitrogens with two attached hydrogens (primary N) is 1. The van der Waals surface area contributed by atoms with Crippen molar-refractivity contribution in [2.24, 2.45) is 17.6 Å². The number of hydrogen-bond acceptors (Lipinski definition) is 2. The lowest BCUT2D eigenvalue weighted by Gasteiger charge is -2.34. The Morgan fingerprint density at radius 1 is 1.29 bits per heavy atom. The van der Waals surface area contributed by atoms with E-state index in [2.05, 4.69) is 19.2 Å². The molecule has 118 valence electrons. The first kappa shape index (κ1) is 18.0. The molecule has 0 bridgehead atoms. The van der Waals surface area contributed by atoms with Gasteiger partial charge in [-0.3, -0.25) is 4.79 Å². The first-order valence-corrected chi connectivity index (χ1v) is 7.68. The van der Waals surface area contributed by atoms with Crippen LogP contribution in [0.3, 0.4) is 0 Å². The second-order valence-electron chi connectivity index (χ2n) is 6.16. The number of carbonyl (C=O) groups is 1. The van der Waals surface area contributed by atoms with Gasteiger partial charge in [-0.1, -0.05) is 57.0 Å². The number of amides is 1. The number of carbonyl (C=O) groups excluding carboxylic acids is 1. The fourth-order valence-corrected chi connectivity index (χ4v) is 3.07. The molecule has 1 aromatic carbocycles. The lowest BCUT2D eigenvalue weighted by atomic mass is 9.78. The van der Waals surface area contributed by atoms with Crippen LogP contribution in [0.1, 0.15) is 51.1 Å². The molecule has 0 saturated heterocycles. The molecule has 21 heavy (non-hydrogen) atoms. The fourth-order valence-electron chi connectivity index (χ4n) is 3.07. The van der Waals surface area contributed by atoms with E-state index in [1.807, 2.05) is 30.3 Å². The maximum absolute atomic E-state index is 12.2. The summed E-state index contributed by atoms with van der Waals surface area (Å²) in [5.74, 6) is 1.32. The number of benzene rings is 1. The second kappa shape index (κ2) is 8.40. The molecule has 4 atom stereocenters. The Hall–Kier alpha value is -1.06. The van der Waals surface area contributed by atoms with Crippen molar-refractivity contribution in [2.45, 2.75) is 51.6 Å². The van der Waals surface area contributed by atoms with Gasteiger partial charge < -0.3 is 11.1 Å². The summed E-state index contributed by atoms with van der Waals surface area (Å²) >= 11 is 0. The van der Waals surface area contributed by atoms with Crippen LogP contribution < -0.4 is 11.1 Å². The molecule has 1 amide bonds. The summed E-state index contributed by atoms with van der Waals surface area (Å²) in [5.41, 5.74) is 7.12. The molecule has 1 fully saturated rings. The Bertz CT molecular complexity index is 438. The summed E-state index contributed by atoms with van der Waals surface area (Å²) in [5, 5.41) is 3.18. The monoisotopic (exact) mass is 310 g/mol. The van der Waals surface area contributed by atoms with Crippen LogP contribution in [0.5, 0.6) is 0 Å². The highest BCUT2D eigenvalue weighted by Gasteiger charge is 2.28. The maximum Gasteiger partial charge on any atom is 0.222 e. The Kier molecular flexibility index (Phi) is 7.20. The predicted octanol–water partition coefficient (Wildman–Crippen LogP) is 3.44. The van der Waals surface area contributed by atoms with Gasteiger partial charge in [-0.2, -0.15) is 0 Å². The molecule has 3 nitrogen and oxygen atoms in total. The lowest BCUT2D eigenvalue weighted by molar-refractivity contribution is -0.122. The van der Waals surface area contributed by atoms with Crippen molar-refractivity contribution in [1.29, 1.82) is 0 Å². The van der Waals surface area contributed by atoms with E-state index in [1.54, 1.807) is 0 Å². The number of hydrogen-bond donors (Lipinski definition) is 2. The van der Waals surface area contributed by atoms with E-state index >= 15 is 0 Å². The Morgan fingerprint density at radius 3 is 2.62 bits per heavy atom. The molecule has 1 aromatic rings. The van der Waals surface area contributed by atoms with Gasteiger partial charge in [0.2, 0.25) is 5.91 Å². The van der Waals surface area contributed by atoms with E-state index in [1.165, 1.54) is 12.8 Å². The van der Waals surface area contributed by atoms with Crippen molar-refractivity contribution in [3.8, 4) is 0 Å². The van der Waals surface area contributed by atoms with Gasteiger partial charge in [0.1, 0.15) is 0 Å². The van der Waals surface area contributed by atoms with Crippen molar-refractivity contribution in [2.75, 3.05) is 0 Å². The zero-order valence-corrected chi connectivity index (χ0v) is 13.7. The third-order valence-corrected chi connectivity index (χ3v) is 4.69. The van der Waals surface area contributed by atoms with Gasteiger partial charge in [0.05, 0.1) is 0 Å². The topological polar surface area (TPSA) is 55.1 Å². The summed E-state index contributed by atoms with van der Waals surface area (Å²) in [4.78, 5) is 12.2. The van der Waals surface area contributed by atoms with Gasteiger partial charge in [0.25, 0.3) is 0 Å². The molecule has 1 aliphatic carbocycles. The molecule has 4 unspecified atom stereocenters. The van der Waals surface area contributed by atoms with E-state index < -0.39 is 0 Å². The molecule has 0 radical (unpaired) electrons. The minimum Gasteiger partial charge on any atom is -0.353 e. The first-order valence-electron chi connectivity index (χ1n) is 7.68. The van der Waals surface area contributed by atoms with Gasteiger partial charge in [-0.25, -0.2) is 0 Å². The van der Waals surface area contributed by atoms with E-state index in [4.69, 9.17) is 5.73 Å². The van der Waals surface area contributed by atoms with Crippen LogP contribution >= 0.6 is 12.4 Å². The zero-order chi connectivity index (χ0) is 14.5. The summed E-state index contributed by atoms with van der Waals surface area (Å²) < 4.78 is 0. The van der Waals surface area contributed by atoms with Crippen molar-refractivity contribution in [1.82, 2.24) is 5.32 Å². The fraction of sp³-hybridized carbons (Fsp3) is 0.588. The Balaban J connectivity index is 0.00000220. The molecule has 0 aliphatic heterocycles. The van der Waals surface area contributed by atoms with Crippen LogP contribution in [0, 0.1) is 11.8 Å². The van der Waals surface area contributed by atoms with Gasteiger partial charge in [-0.05, 0) is 23.8 Å². The van der Waals surface area contributed by atoms with Gasteiger partial charge in [0.15, 0.2) is 0 Å². The van der Waals surface area contributed by atoms with Crippen LogP contribution in [0.15, 0.2) is 30.3 Å². The quantitative estimate of drug-likeness (QED) is 0.895. The number of rotatable bonds is 4. The highest BCUT2D eigenvalue weighted by Crippen LogP contribution is 2.29. The Morgan fingerprint density at radius 2 is 1.95 bits per heavy atom.